The molecule has 0 aliphatic heterocycles. The maximum absolute atomic E-state index is 5.50. The molecule has 0 saturated carbocycles. The van der Waals surface area contributed by atoms with Gasteiger partial charge in [-0.15, -0.1) is 0 Å². The largest absolute Gasteiger partial charge is 0.368 e. The highest BCUT2D eigenvalue weighted by atomic mass is 15.1. The number of hydrogen-bond acceptors (Lipinski definition) is 5. The number of anilines is 1. The summed E-state index contributed by atoms with van der Waals surface area (Å²) in [5.74, 6) is 2.75. The molecule has 2 heterocycles. The highest BCUT2D eigenvalue weighted by Crippen LogP contribution is 2.10. The van der Waals surface area contributed by atoms with Crippen LogP contribution in [0.4, 0.5) is 5.95 Å². The first-order valence-corrected chi connectivity index (χ1v) is 9.98. The molecule has 146 valence electrons. The van der Waals surface area contributed by atoms with Crippen molar-refractivity contribution in [2.45, 2.75) is 80.1 Å². The maximum Gasteiger partial charge on any atom is 0.223 e. The van der Waals surface area contributed by atoms with Gasteiger partial charge in [-0.05, 0) is 37.3 Å². The maximum atomic E-state index is 5.50. The molecule has 0 aromatic carbocycles. The quantitative estimate of drug-likeness (QED) is 0.748. The standard InChI is InChI=1S/C11H17N.C8H14N4.C2H6/c1-3-10(2)7-8-11-6-4-5-9-12-11;1-3-5-7-10-6(4-2)11-8(9)12-7;1-2/h4-6,9-10H,3,7-8H2,1-2H3;3-5H2,1-2H3,(H2,9,10,11,12);1-2H3. The molecule has 0 saturated heterocycles. The molecule has 0 fully saturated rings. The van der Waals surface area contributed by atoms with Gasteiger partial charge in [-0.25, -0.2) is 4.98 Å². The normalized spacial score (nSPS) is 10.8. The summed E-state index contributed by atoms with van der Waals surface area (Å²) < 4.78 is 0. The van der Waals surface area contributed by atoms with E-state index < -0.39 is 0 Å². The predicted octanol–water partition coefficient (Wildman–Crippen LogP) is 5.06. The lowest BCUT2D eigenvalue weighted by Gasteiger charge is -2.06. The van der Waals surface area contributed by atoms with Crippen LogP contribution in [-0.2, 0) is 19.3 Å². The van der Waals surface area contributed by atoms with Gasteiger partial charge in [0.25, 0.3) is 0 Å². The second-order valence-electron chi connectivity index (χ2n) is 6.00. The molecule has 2 N–H and O–H groups in total. The molecule has 1 atom stereocenters. The monoisotopic (exact) mass is 359 g/mol. The third-order valence-electron chi connectivity index (χ3n) is 3.85. The highest BCUT2D eigenvalue weighted by molar-refractivity contribution is 5.15. The predicted molar refractivity (Wildman–Crippen MR) is 111 cm³/mol. The van der Waals surface area contributed by atoms with Gasteiger partial charge in [0.1, 0.15) is 11.6 Å². The molecule has 5 heteroatoms. The molecule has 2 aromatic heterocycles. The van der Waals surface area contributed by atoms with Crippen molar-refractivity contribution in [2.24, 2.45) is 5.92 Å². The molecule has 2 rings (SSSR count). The zero-order chi connectivity index (χ0) is 19.8. The first-order chi connectivity index (χ1) is 12.6. The average Bonchev–Trinajstić information content (AvgIpc) is 2.68. The van der Waals surface area contributed by atoms with Crippen molar-refractivity contribution in [3.8, 4) is 0 Å². The van der Waals surface area contributed by atoms with E-state index in [4.69, 9.17) is 5.73 Å². The minimum Gasteiger partial charge on any atom is -0.368 e. The molecule has 0 bridgehead atoms. The second kappa shape index (κ2) is 15.2. The van der Waals surface area contributed by atoms with Gasteiger partial charge in [0.05, 0.1) is 0 Å². The smallest absolute Gasteiger partial charge is 0.223 e. The van der Waals surface area contributed by atoms with Crippen LogP contribution >= 0.6 is 0 Å². The molecular weight excluding hydrogens is 322 g/mol. The Labute approximate surface area is 159 Å². The Bertz CT molecular complexity index is 572. The summed E-state index contributed by atoms with van der Waals surface area (Å²) in [7, 11) is 0. The van der Waals surface area contributed by atoms with Crippen LogP contribution in [-0.4, -0.2) is 19.9 Å². The molecule has 5 nitrogen and oxygen atoms in total. The van der Waals surface area contributed by atoms with Crippen molar-refractivity contribution >= 4 is 5.95 Å². The van der Waals surface area contributed by atoms with E-state index in [-0.39, 0.29) is 0 Å². The highest BCUT2D eigenvalue weighted by Gasteiger charge is 2.01. The fraction of sp³-hybridized carbons (Fsp3) is 0.619. The van der Waals surface area contributed by atoms with Crippen molar-refractivity contribution < 1.29 is 0 Å². The minimum absolute atomic E-state index is 0.338. The van der Waals surface area contributed by atoms with Gasteiger partial charge in [0.15, 0.2) is 0 Å². The topological polar surface area (TPSA) is 77.6 Å². The van der Waals surface area contributed by atoms with Gasteiger partial charge < -0.3 is 5.73 Å². The Morgan fingerprint density at radius 3 is 2.19 bits per heavy atom. The van der Waals surface area contributed by atoms with Crippen LogP contribution in [0.3, 0.4) is 0 Å². The third kappa shape index (κ3) is 10.7. The number of nitrogens with zero attached hydrogens (tertiary/aromatic N) is 4. The van der Waals surface area contributed by atoms with Crippen molar-refractivity contribution in [1.29, 1.82) is 0 Å². The number of nitrogens with two attached hydrogens (primary N) is 1. The fourth-order valence-corrected chi connectivity index (χ4v) is 2.13. The lowest BCUT2D eigenvalue weighted by atomic mass is 10.0. The van der Waals surface area contributed by atoms with Gasteiger partial charge in [-0.1, -0.05) is 54.0 Å². The Balaban J connectivity index is 0.000000439. The summed E-state index contributed by atoms with van der Waals surface area (Å²) in [4.78, 5) is 16.5. The summed E-state index contributed by atoms with van der Waals surface area (Å²) in [6, 6.07) is 6.12. The number of rotatable bonds is 7. The van der Waals surface area contributed by atoms with Crippen LogP contribution < -0.4 is 5.73 Å². The van der Waals surface area contributed by atoms with E-state index in [0.29, 0.717) is 5.95 Å². The Hall–Kier alpha value is -2.04. The molecule has 1 unspecified atom stereocenters. The van der Waals surface area contributed by atoms with E-state index in [0.717, 1.165) is 43.3 Å². The molecule has 0 aliphatic carbocycles. The molecule has 0 radical (unpaired) electrons. The number of aryl methyl sites for hydroxylation is 3. The third-order valence-corrected chi connectivity index (χ3v) is 3.85. The van der Waals surface area contributed by atoms with Gasteiger partial charge in [-0.3, -0.25) is 4.98 Å². The second-order valence-corrected chi connectivity index (χ2v) is 6.00. The average molecular weight is 360 g/mol. The van der Waals surface area contributed by atoms with Crippen molar-refractivity contribution in [1.82, 2.24) is 19.9 Å². The zero-order valence-electron chi connectivity index (χ0n) is 17.5. The molecule has 2 aromatic rings. The molecule has 0 aliphatic rings. The lowest BCUT2D eigenvalue weighted by Crippen LogP contribution is -2.06. The summed E-state index contributed by atoms with van der Waals surface area (Å²) in [5.41, 5.74) is 6.72. The van der Waals surface area contributed by atoms with Crippen LogP contribution in [0.5, 0.6) is 0 Å². The molecule has 0 spiro atoms. The van der Waals surface area contributed by atoms with Gasteiger partial charge in [0.2, 0.25) is 5.95 Å². The van der Waals surface area contributed by atoms with E-state index in [2.05, 4.69) is 52.8 Å². The van der Waals surface area contributed by atoms with E-state index in [9.17, 15) is 0 Å². The van der Waals surface area contributed by atoms with Crippen molar-refractivity contribution in [2.75, 3.05) is 5.73 Å². The molecular formula is C21H37N5. The van der Waals surface area contributed by atoms with Crippen LogP contribution in [0.25, 0.3) is 0 Å². The van der Waals surface area contributed by atoms with Gasteiger partial charge in [0, 0.05) is 24.7 Å². The van der Waals surface area contributed by atoms with E-state index in [1.165, 1.54) is 18.5 Å². The SMILES string of the molecule is CC.CCC(C)CCc1ccccn1.CCCc1nc(N)nc(CC)n1. The van der Waals surface area contributed by atoms with E-state index in [1.54, 1.807) is 0 Å². The summed E-state index contributed by atoms with van der Waals surface area (Å²) >= 11 is 0. The Morgan fingerprint density at radius 1 is 0.962 bits per heavy atom. The molecule has 26 heavy (non-hydrogen) atoms. The first-order valence-electron chi connectivity index (χ1n) is 9.98. The number of hydrogen-bond donors (Lipinski definition) is 1. The number of nitrogen functional groups attached to an aromatic ring is 1. The zero-order valence-corrected chi connectivity index (χ0v) is 17.5. The summed E-state index contributed by atoms with van der Waals surface area (Å²) in [6.07, 6.45) is 8.23. The van der Waals surface area contributed by atoms with E-state index >= 15 is 0 Å². The minimum atomic E-state index is 0.338. The fourth-order valence-electron chi connectivity index (χ4n) is 2.13. The van der Waals surface area contributed by atoms with Crippen molar-refractivity contribution in [3.63, 3.8) is 0 Å². The summed E-state index contributed by atoms with van der Waals surface area (Å²) in [5, 5.41) is 0. The van der Waals surface area contributed by atoms with Crippen LogP contribution in [0.15, 0.2) is 24.4 Å². The van der Waals surface area contributed by atoms with E-state index in [1.807, 2.05) is 33.0 Å². The molecule has 0 amide bonds. The number of pyridine rings is 1. The Kier molecular flexibility index (Phi) is 14.0. The van der Waals surface area contributed by atoms with Gasteiger partial charge >= 0.3 is 0 Å². The van der Waals surface area contributed by atoms with Gasteiger partial charge in [-0.2, -0.15) is 9.97 Å². The first kappa shape index (κ1) is 24.0. The summed E-state index contributed by atoms with van der Waals surface area (Å²) in [6.45, 7) is 12.6. The van der Waals surface area contributed by atoms with Crippen LogP contribution in [0.1, 0.15) is 78.1 Å². The van der Waals surface area contributed by atoms with Crippen LogP contribution in [0.2, 0.25) is 0 Å². The Morgan fingerprint density at radius 2 is 1.65 bits per heavy atom. The number of aromatic nitrogens is 4. The van der Waals surface area contributed by atoms with Crippen LogP contribution in [0, 0.1) is 5.92 Å². The van der Waals surface area contributed by atoms with Crippen molar-refractivity contribution in [3.05, 3.63) is 41.7 Å². The lowest BCUT2D eigenvalue weighted by molar-refractivity contribution is 0.513.